The number of carbonyl (C=O) groups is 1. The maximum absolute atomic E-state index is 12.3. The normalized spacial score (nSPS) is 18.3. The molecule has 26 heavy (non-hydrogen) atoms. The number of para-hydroxylation sites is 1. The Morgan fingerprint density at radius 3 is 2.54 bits per heavy atom. The molecule has 2 N–H and O–H groups in total. The Bertz CT molecular complexity index is 864. The van der Waals surface area contributed by atoms with E-state index in [4.69, 9.17) is 0 Å². The van der Waals surface area contributed by atoms with Crippen LogP contribution in [0.15, 0.2) is 60.7 Å². The lowest BCUT2D eigenvalue weighted by Gasteiger charge is -2.08. The second kappa shape index (κ2) is 7.35. The van der Waals surface area contributed by atoms with Gasteiger partial charge in [0.15, 0.2) is 0 Å². The van der Waals surface area contributed by atoms with Gasteiger partial charge in [-0.2, -0.15) is 4.68 Å². The van der Waals surface area contributed by atoms with Crippen LogP contribution < -0.4 is 10.6 Å². The highest BCUT2D eigenvalue weighted by Crippen LogP contribution is 2.47. The molecule has 0 radical (unpaired) electrons. The van der Waals surface area contributed by atoms with Gasteiger partial charge in [-0.25, -0.2) is 0 Å². The first kappa shape index (κ1) is 16.3. The molecular weight excluding hydrogens is 328 g/mol. The minimum Gasteiger partial charge on any atom is -0.354 e. The summed E-state index contributed by atoms with van der Waals surface area (Å²) in [5.74, 6) is 1.11. The van der Waals surface area contributed by atoms with E-state index in [2.05, 4.69) is 38.3 Å². The number of aromatic nitrogens is 4. The number of rotatable bonds is 7. The molecule has 2 atom stereocenters. The van der Waals surface area contributed by atoms with Crippen molar-refractivity contribution in [2.24, 2.45) is 5.92 Å². The van der Waals surface area contributed by atoms with Gasteiger partial charge in [-0.05, 0) is 40.5 Å². The van der Waals surface area contributed by atoms with E-state index in [9.17, 15) is 4.79 Å². The number of nitrogens with one attached hydrogen (secondary N) is 2. The number of nitrogens with zero attached hydrogens (tertiary/aromatic N) is 4. The van der Waals surface area contributed by atoms with Crippen molar-refractivity contribution >= 4 is 11.9 Å². The maximum Gasteiger partial charge on any atom is 0.247 e. The topological polar surface area (TPSA) is 84.7 Å². The molecule has 3 aromatic rings. The van der Waals surface area contributed by atoms with Crippen molar-refractivity contribution in [1.29, 1.82) is 0 Å². The maximum atomic E-state index is 12.3. The summed E-state index contributed by atoms with van der Waals surface area (Å²) >= 11 is 0. The molecule has 1 saturated carbocycles. The summed E-state index contributed by atoms with van der Waals surface area (Å²) in [6.45, 7) is 1.08. The smallest absolute Gasteiger partial charge is 0.247 e. The quantitative estimate of drug-likeness (QED) is 0.638. The molecule has 7 nitrogen and oxygen atoms in total. The van der Waals surface area contributed by atoms with Crippen LogP contribution in [0.2, 0.25) is 0 Å². The predicted octanol–water partition coefficient (Wildman–Crippen LogP) is 1.99. The molecule has 132 valence electrons. The molecule has 1 fully saturated rings. The Balaban J connectivity index is 1.24. The van der Waals surface area contributed by atoms with Gasteiger partial charge in [0.05, 0.1) is 5.69 Å². The molecule has 0 saturated heterocycles. The third-order valence-electron chi connectivity index (χ3n) is 4.53. The molecule has 0 aliphatic heterocycles. The van der Waals surface area contributed by atoms with E-state index in [0.29, 0.717) is 25.0 Å². The number of tetrazole rings is 1. The van der Waals surface area contributed by atoms with Crippen LogP contribution in [0.5, 0.6) is 0 Å². The van der Waals surface area contributed by atoms with Crippen molar-refractivity contribution in [3.63, 3.8) is 0 Å². The molecule has 7 heteroatoms. The molecule has 2 aromatic carbocycles. The molecule has 0 bridgehead atoms. The van der Waals surface area contributed by atoms with Gasteiger partial charge in [0, 0.05) is 19.0 Å². The van der Waals surface area contributed by atoms with E-state index in [1.807, 2.05) is 48.5 Å². The Morgan fingerprint density at radius 2 is 1.77 bits per heavy atom. The first-order valence-electron chi connectivity index (χ1n) is 8.73. The molecule has 4 rings (SSSR count). The Kier molecular flexibility index (Phi) is 4.59. The average molecular weight is 348 g/mol. The zero-order valence-electron chi connectivity index (χ0n) is 14.2. The minimum absolute atomic E-state index is 0.0899. The predicted molar refractivity (Wildman–Crippen MR) is 97.9 cm³/mol. The van der Waals surface area contributed by atoms with Gasteiger partial charge in [0.25, 0.3) is 0 Å². The van der Waals surface area contributed by atoms with Gasteiger partial charge in [0.2, 0.25) is 11.9 Å². The van der Waals surface area contributed by atoms with Crippen LogP contribution in [-0.4, -0.2) is 39.2 Å². The summed E-state index contributed by atoms with van der Waals surface area (Å²) in [7, 11) is 0. The van der Waals surface area contributed by atoms with E-state index in [1.165, 1.54) is 5.56 Å². The third-order valence-corrected chi connectivity index (χ3v) is 4.53. The van der Waals surface area contributed by atoms with Gasteiger partial charge in [-0.1, -0.05) is 53.6 Å². The minimum atomic E-state index is 0.0899. The lowest BCUT2D eigenvalue weighted by molar-refractivity contribution is -0.122. The molecular formula is C19H20N6O. The van der Waals surface area contributed by atoms with E-state index in [0.717, 1.165) is 12.1 Å². The molecule has 0 unspecified atom stereocenters. The number of hydrogen-bond acceptors (Lipinski definition) is 5. The SMILES string of the molecule is O=C(NCCNc1nnnn1-c1ccccc1)[C@H]1C[C@H]1c1ccccc1. The van der Waals surface area contributed by atoms with Crippen LogP contribution in [-0.2, 0) is 4.79 Å². The standard InChI is InChI=1S/C19H20N6O/c26-18(17-13-16(17)14-7-3-1-4-8-14)20-11-12-21-19-22-23-24-25(19)15-9-5-2-6-10-15/h1-10,16-17H,11-13H2,(H,20,26)(H,21,22,24)/t16-,17-/m0/s1. The van der Waals surface area contributed by atoms with Crippen LogP contribution in [0.4, 0.5) is 5.95 Å². The highest BCUT2D eigenvalue weighted by Gasteiger charge is 2.43. The molecule has 1 aromatic heterocycles. The van der Waals surface area contributed by atoms with Gasteiger partial charge in [-0.15, -0.1) is 0 Å². The summed E-state index contributed by atoms with van der Waals surface area (Å²) in [4.78, 5) is 12.3. The average Bonchev–Trinajstić information content (AvgIpc) is 3.37. The van der Waals surface area contributed by atoms with Crippen molar-refractivity contribution in [1.82, 2.24) is 25.5 Å². The van der Waals surface area contributed by atoms with Crippen LogP contribution >= 0.6 is 0 Å². The fourth-order valence-corrected chi connectivity index (χ4v) is 3.08. The lowest BCUT2D eigenvalue weighted by Crippen LogP contribution is -2.30. The summed E-state index contributed by atoms with van der Waals surface area (Å²) in [6, 6.07) is 19.9. The van der Waals surface area contributed by atoms with E-state index < -0.39 is 0 Å². The van der Waals surface area contributed by atoms with E-state index in [1.54, 1.807) is 4.68 Å². The molecule has 1 aliphatic rings. The molecule has 1 amide bonds. The summed E-state index contributed by atoms with van der Waals surface area (Å²) in [5, 5.41) is 17.8. The monoisotopic (exact) mass is 348 g/mol. The lowest BCUT2D eigenvalue weighted by atomic mass is 10.1. The molecule has 1 aliphatic carbocycles. The highest BCUT2D eigenvalue weighted by atomic mass is 16.2. The van der Waals surface area contributed by atoms with E-state index in [-0.39, 0.29) is 11.8 Å². The zero-order valence-corrected chi connectivity index (χ0v) is 14.2. The van der Waals surface area contributed by atoms with Crippen LogP contribution in [0.3, 0.4) is 0 Å². The van der Waals surface area contributed by atoms with Crippen LogP contribution in [0.25, 0.3) is 5.69 Å². The van der Waals surface area contributed by atoms with Crippen LogP contribution in [0, 0.1) is 5.92 Å². The van der Waals surface area contributed by atoms with Crippen molar-refractivity contribution in [3.8, 4) is 5.69 Å². The fraction of sp³-hybridized carbons (Fsp3) is 0.263. The second-order valence-corrected chi connectivity index (χ2v) is 6.33. The summed E-state index contributed by atoms with van der Waals surface area (Å²) in [6.07, 6.45) is 0.926. The Morgan fingerprint density at radius 1 is 1.04 bits per heavy atom. The molecule has 1 heterocycles. The third kappa shape index (κ3) is 3.56. The second-order valence-electron chi connectivity index (χ2n) is 6.33. The van der Waals surface area contributed by atoms with Crippen molar-refractivity contribution in [3.05, 3.63) is 66.2 Å². The first-order valence-corrected chi connectivity index (χ1v) is 8.73. The summed E-state index contributed by atoms with van der Waals surface area (Å²) in [5.41, 5.74) is 2.13. The Labute approximate surface area is 151 Å². The first-order chi connectivity index (χ1) is 12.8. The van der Waals surface area contributed by atoms with Crippen LogP contribution in [0.1, 0.15) is 17.9 Å². The number of benzene rings is 2. The van der Waals surface area contributed by atoms with Crippen molar-refractivity contribution < 1.29 is 4.79 Å². The van der Waals surface area contributed by atoms with Gasteiger partial charge >= 0.3 is 0 Å². The van der Waals surface area contributed by atoms with Gasteiger partial charge < -0.3 is 10.6 Å². The Hall–Kier alpha value is -3.22. The number of carbonyl (C=O) groups excluding carboxylic acids is 1. The number of anilines is 1. The van der Waals surface area contributed by atoms with Crippen molar-refractivity contribution in [2.75, 3.05) is 18.4 Å². The summed E-state index contributed by atoms with van der Waals surface area (Å²) < 4.78 is 1.63. The van der Waals surface area contributed by atoms with E-state index >= 15 is 0 Å². The zero-order chi connectivity index (χ0) is 17.8. The largest absolute Gasteiger partial charge is 0.354 e. The molecule has 0 spiro atoms. The highest BCUT2D eigenvalue weighted by molar-refractivity contribution is 5.82. The van der Waals surface area contributed by atoms with Gasteiger partial charge in [0.1, 0.15) is 0 Å². The fourth-order valence-electron chi connectivity index (χ4n) is 3.08. The van der Waals surface area contributed by atoms with Gasteiger partial charge in [-0.3, -0.25) is 4.79 Å². The number of hydrogen-bond donors (Lipinski definition) is 2. The number of amides is 1. The van der Waals surface area contributed by atoms with Crippen molar-refractivity contribution in [2.45, 2.75) is 12.3 Å².